The van der Waals surface area contributed by atoms with Crippen LogP contribution in [0.2, 0.25) is 0 Å². The summed E-state index contributed by atoms with van der Waals surface area (Å²) in [5.41, 5.74) is 24.1. The number of hydrogen-bond acceptors (Lipinski definition) is 0. The minimum absolute atomic E-state index is 0.0214. The van der Waals surface area contributed by atoms with Crippen molar-refractivity contribution in [3.63, 3.8) is 0 Å². The number of para-hydroxylation sites is 1. The van der Waals surface area contributed by atoms with E-state index in [0.717, 1.165) is 0 Å². The molecule has 1 aromatic heterocycles. The highest BCUT2D eigenvalue weighted by Crippen LogP contribution is 2.46. The first kappa shape index (κ1) is 31.2. The fourth-order valence-electron chi connectivity index (χ4n) is 10.5. The summed E-state index contributed by atoms with van der Waals surface area (Å²) in [6.45, 7) is 18.3. The van der Waals surface area contributed by atoms with Crippen LogP contribution in [-0.4, -0.2) is 11.3 Å². The molecule has 0 radical (unpaired) electrons. The molecule has 250 valence electrons. The Bertz CT molecular complexity index is 2870. The summed E-state index contributed by atoms with van der Waals surface area (Å²) in [4.78, 5) is 0. The zero-order chi connectivity index (χ0) is 35.7. The third-order valence-corrected chi connectivity index (χ3v) is 12.2. The predicted octanol–water partition coefficient (Wildman–Crippen LogP) is 11.2. The molecule has 0 atom stereocenters. The van der Waals surface area contributed by atoms with Crippen LogP contribution in [0.15, 0.2) is 109 Å². The highest BCUT2D eigenvalue weighted by atomic mass is 15.0. The Balaban J connectivity index is 1.44. The van der Waals surface area contributed by atoms with Gasteiger partial charge in [0.05, 0.1) is 11.0 Å². The lowest BCUT2D eigenvalue weighted by Gasteiger charge is -2.32. The third-order valence-electron chi connectivity index (χ3n) is 12.2. The Morgan fingerprint density at radius 1 is 0.404 bits per heavy atom. The second-order valence-electron chi connectivity index (χ2n) is 15.7. The van der Waals surface area contributed by atoms with E-state index in [1.807, 2.05) is 0 Å². The molecule has 2 heterocycles. The Labute approximate surface area is 307 Å². The van der Waals surface area contributed by atoms with Crippen molar-refractivity contribution in [1.82, 2.24) is 4.57 Å². The van der Waals surface area contributed by atoms with Crippen LogP contribution in [-0.2, 0) is 0 Å². The molecular weight excluding hydrogens is 625 g/mol. The number of nitrogens with zero attached hydrogens (tertiary/aromatic N) is 1. The molecule has 0 bridgehead atoms. The maximum absolute atomic E-state index is 2.66. The van der Waals surface area contributed by atoms with Gasteiger partial charge in [-0.1, -0.05) is 126 Å². The van der Waals surface area contributed by atoms with Gasteiger partial charge < -0.3 is 4.57 Å². The lowest BCUT2D eigenvalue weighted by molar-refractivity contribution is 1.15. The van der Waals surface area contributed by atoms with Gasteiger partial charge in [-0.2, -0.15) is 0 Å². The molecule has 0 N–H and O–H groups in total. The molecule has 8 aromatic carbocycles. The summed E-state index contributed by atoms with van der Waals surface area (Å²) in [6, 6.07) is 42.2. The van der Waals surface area contributed by atoms with Crippen LogP contribution in [0.3, 0.4) is 0 Å². The molecule has 0 amide bonds. The first-order valence-corrected chi connectivity index (χ1v) is 18.7. The Morgan fingerprint density at radius 2 is 0.923 bits per heavy atom. The van der Waals surface area contributed by atoms with Crippen molar-refractivity contribution in [3.05, 3.63) is 154 Å². The van der Waals surface area contributed by atoms with Crippen molar-refractivity contribution >= 4 is 66.5 Å². The molecule has 9 aromatic rings. The van der Waals surface area contributed by atoms with Gasteiger partial charge in [-0.3, -0.25) is 0 Å². The predicted molar refractivity (Wildman–Crippen MR) is 227 cm³/mol. The highest BCUT2D eigenvalue weighted by Gasteiger charge is 2.39. The number of rotatable bonds is 3. The van der Waals surface area contributed by atoms with Crippen LogP contribution in [0.5, 0.6) is 0 Å². The fourth-order valence-corrected chi connectivity index (χ4v) is 10.5. The van der Waals surface area contributed by atoms with Gasteiger partial charge in [-0.05, 0) is 143 Å². The Hall–Kier alpha value is -5.60. The molecule has 1 aliphatic rings. The van der Waals surface area contributed by atoms with Crippen molar-refractivity contribution in [2.75, 3.05) is 0 Å². The summed E-state index contributed by atoms with van der Waals surface area (Å²) >= 11 is 0. The van der Waals surface area contributed by atoms with Gasteiger partial charge in [0, 0.05) is 16.5 Å². The number of fused-ring (bicyclic) bond motifs is 6. The van der Waals surface area contributed by atoms with E-state index in [9.17, 15) is 0 Å². The van der Waals surface area contributed by atoms with E-state index in [4.69, 9.17) is 0 Å². The first-order valence-electron chi connectivity index (χ1n) is 18.7. The number of aryl methyl sites for hydroxylation is 8. The Kier molecular flexibility index (Phi) is 6.57. The number of benzene rings is 8. The minimum atomic E-state index is 0.0214. The summed E-state index contributed by atoms with van der Waals surface area (Å²) in [5.74, 6) is 0. The topological polar surface area (TPSA) is 4.93 Å². The van der Waals surface area contributed by atoms with E-state index in [0.29, 0.717) is 0 Å². The van der Waals surface area contributed by atoms with Crippen molar-refractivity contribution < 1.29 is 0 Å². The molecular formula is C50H42BN. The zero-order valence-electron chi connectivity index (χ0n) is 31.4. The molecule has 1 aliphatic heterocycles. The monoisotopic (exact) mass is 667 g/mol. The maximum Gasteiger partial charge on any atom is 0.248 e. The van der Waals surface area contributed by atoms with Crippen LogP contribution < -0.4 is 16.4 Å². The van der Waals surface area contributed by atoms with Crippen LogP contribution >= 0.6 is 0 Å². The standard InChI is InChI=1S/C50H42BN/c1-27-23-31(5)43(32(6)24-27)39-16-12-17-40(44-33(7)25-28(2)26-34(44)8)47(39)51-41-18-11-13-29(3)48(41)52-49-30(4)19-20-37-35-14-9-10-15-36(35)38-21-22-42(51)50(52)46(38)45(37)49/h9-26H,1-8H3. The summed E-state index contributed by atoms with van der Waals surface area (Å²) < 4.78 is 2.66. The minimum Gasteiger partial charge on any atom is -0.310 e. The van der Waals surface area contributed by atoms with Gasteiger partial charge >= 0.3 is 0 Å². The van der Waals surface area contributed by atoms with Crippen LogP contribution in [0.25, 0.3) is 71.3 Å². The normalized spacial score (nSPS) is 12.6. The van der Waals surface area contributed by atoms with Crippen molar-refractivity contribution in [3.8, 4) is 27.9 Å². The molecule has 0 spiro atoms. The number of aromatic nitrogens is 1. The SMILES string of the molecule is Cc1cc(C)c(-c2cccc(-c3c(C)cc(C)cc3C)c2B2c3cccc(C)c3-n3c4c(C)ccc5c6ccccc6c6ccc2c3c6c54)c(C)c1. The first-order chi connectivity index (χ1) is 25.1. The number of hydrogen-bond donors (Lipinski definition) is 0. The molecule has 1 nitrogen and oxygen atoms in total. The van der Waals surface area contributed by atoms with Gasteiger partial charge in [0.25, 0.3) is 0 Å². The van der Waals surface area contributed by atoms with Crippen LogP contribution in [0, 0.1) is 55.4 Å². The molecule has 0 aliphatic carbocycles. The van der Waals surface area contributed by atoms with E-state index < -0.39 is 0 Å². The Morgan fingerprint density at radius 3 is 1.50 bits per heavy atom. The van der Waals surface area contributed by atoms with E-state index in [-0.39, 0.29) is 6.71 Å². The van der Waals surface area contributed by atoms with Gasteiger partial charge in [-0.25, -0.2) is 0 Å². The van der Waals surface area contributed by atoms with Gasteiger partial charge in [0.1, 0.15) is 0 Å². The molecule has 0 saturated carbocycles. The van der Waals surface area contributed by atoms with Gasteiger partial charge in [-0.15, -0.1) is 0 Å². The van der Waals surface area contributed by atoms with E-state index in [1.54, 1.807) is 0 Å². The van der Waals surface area contributed by atoms with E-state index >= 15 is 0 Å². The lowest BCUT2D eigenvalue weighted by Crippen LogP contribution is -2.57. The van der Waals surface area contributed by atoms with Crippen molar-refractivity contribution in [2.45, 2.75) is 55.4 Å². The fraction of sp³-hybridized carbons (Fsp3) is 0.160. The zero-order valence-corrected chi connectivity index (χ0v) is 31.4. The van der Waals surface area contributed by atoms with Gasteiger partial charge in [0.2, 0.25) is 6.71 Å². The molecule has 0 fully saturated rings. The summed E-state index contributed by atoms with van der Waals surface area (Å²) in [6.07, 6.45) is 0. The van der Waals surface area contributed by atoms with Gasteiger partial charge in [0.15, 0.2) is 0 Å². The van der Waals surface area contributed by atoms with Crippen molar-refractivity contribution in [1.29, 1.82) is 0 Å². The maximum atomic E-state index is 2.66. The van der Waals surface area contributed by atoms with E-state index in [1.165, 1.54) is 132 Å². The van der Waals surface area contributed by atoms with Crippen molar-refractivity contribution in [2.24, 2.45) is 0 Å². The lowest BCUT2D eigenvalue weighted by atomic mass is 9.33. The smallest absolute Gasteiger partial charge is 0.248 e. The van der Waals surface area contributed by atoms with Crippen LogP contribution in [0.4, 0.5) is 0 Å². The molecule has 52 heavy (non-hydrogen) atoms. The molecule has 10 rings (SSSR count). The molecule has 0 saturated heterocycles. The highest BCUT2D eigenvalue weighted by molar-refractivity contribution is 6.99. The average Bonchev–Trinajstić information content (AvgIpc) is 3.46. The van der Waals surface area contributed by atoms with E-state index in [2.05, 4.69) is 169 Å². The average molecular weight is 668 g/mol. The molecule has 0 unspecified atom stereocenters. The molecule has 2 heteroatoms. The second kappa shape index (κ2) is 11.0. The third kappa shape index (κ3) is 4.07. The quantitative estimate of drug-likeness (QED) is 0.131. The summed E-state index contributed by atoms with van der Waals surface area (Å²) in [5, 5.41) is 8.13. The van der Waals surface area contributed by atoms with Crippen LogP contribution in [0.1, 0.15) is 44.5 Å². The second-order valence-corrected chi connectivity index (χ2v) is 15.7. The largest absolute Gasteiger partial charge is 0.310 e. The summed E-state index contributed by atoms with van der Waals surface area (Å²) in [7, 11) is 0.